The van der Waals surface area contributed by atoms with E-state index in [-0.39, 0.29) is 0 Å². The quantitative estimate of drug-likeness (QED) is 0.678. The molecule has 1 fully saturated rings. The van der Waals surface area contributed by atoms with Gasteiger partial charge in [0.05, 0.1) is 4.83 Å². The lowest BCUT2D eigenvalue weighted by Gasteiger charge is -2.04. The predicted molar refractivity (Wildman–Crippen MR) is 65.7 cm³/mol. The fourth-order valence-corrected chi connectivity index (χ4v) is 4.35. The smallest absolute Gasteiger partial charge is 0.0520 e. The summed E-state index contributed by atoms with van der Waals surface area (Å²) in [6.07, 6.45) is 1.38. The number of aryl methyl sites for hydroxylation is 1. The summed E-state index contributed by atoms with van der Waals surface area (Å²) in [4.78, 5) is 3.43. The highest BCUT2D eigenvalue weighted by Crippen LogP contribution is 2.53. The maximum Gasteiger partial charge on any atom is 0.0520 e. The highest BCUT2D eigenvalue weighted by atomic mass is 79.9. The zero-order valence-electron chi connectivity index (χ0n) is 7.68. The molecule has 0 radical (unpaired) electrons. The Morgan fingerprint density at radius 1 is 1.62 bits per heavy atom. The van der Waals surface area contributed by atoms with Gasteiger partial charge in [-0.05, 0) is 47.2 Å². The van der Waals surface area contributed by atoms with E-state index < -0.39 is 0 Å². The van der Waals surface area contributed by atoms with Crippen LogP contribution in [0.5, 0.6) is 0 Å². The van der Waals surface area contributed by atoms with Gasteiger partial charge in [0.1, 0.15) is 0 Å². The monoisotopic (exact) mass is 322 g/mol. The summed E-state index contributed by atoms with van der Waals surface area (Å²) in [5.41, 5.74) is 0. The van der Waals surface area contributed by atoms with E-state index >= 15 is 0 Å². The molecule has 0 aliphatic heterocycles. The molecule has 1 aromatic rings. The number of hydrogen-bond acceptors (Lipinski definition) is 1. The Morgan fingerprint density at radius 3 is 2.62 bits per heavy atom. The van der Waals surface area contributed by atoms with Gasteiger partial charge >= 0.3 is 0 Å². The van der Waals surface area contributed by atoms with E-state index in [9.17, 15) is 0 Å². The van der Waals surface area contributed by atoms with Crippen molar-refractivity contribution in [3.63, 3.8) is 0 Å². The van der Waals surface area contributed by atoms with Crippen molar-refractivity contribution in [2.24, 2.45) is 11.8 Å². The Hall–Kier alpha value is 0.660. The van der Waals surface area contributed by atoms with Crippen LogP contribution in [0.15, 0.2) is 10.5 Å². The Bertz CT molecular complexity index is 299. The van der Waals surface area contributed by atoms with Gasteiger partial charge < -0.3 is 0 Å². The Kier molecular flexibility index (Phi) is 2.87. The molecule has 1 heterocycles. The van der Waals surface area contributed by atoms with Crippen LogP contribution in [0.3, 0.4) is 0 Å². The molecule has 72 valence electrons. The Labute approximate surface area is 100.0 Å². The number of hydrogen-bond donors (Lipinski definition) is 0. The molecule has 3 heteroatoms. The fourth-order valence-electron chi connectivity index (χ4n) is 1.59. The maximum absolute atomic E-state index is 3.79. The summed E-state index contributed by atoms with van der Waals surface area (Å²) in [6, 6.07) is 2.25. The van der Waals surface area contributed by atoms with Gasteiger partial charge in [0.2, 0.25) is 0 Å². The van der Waals surface area contributed by atoms with E-state index in [0.717, 1.165) is 11.8 Å². The summed E-state index contributed by atoms with van der Waals surface area (Å²) in [5, 5.41) is 0. The lowest BCUT2D eigenvalue weighted by molar-refractivity contribution is 0.749. The topological polar surface area (TPSA) is 0 Å². The van der Waals surface area contributed by atoms with Gasteiger partial charge in [-0.25, -0.2) is 0 Å². The van der Waals surface area contributed by atoms with E-state index in [1.165, 1.54) is 20.6 Å². The minimum Gasteiger partial charge on any atom is -0.143 e. The molecule has 0 amide bonds. The Morgan fingerprint density at radius 2 is 2.23 bits per heavy atom. The summed E-state index contributed by atoms with van der Waals surface area (Å²) < 4.78 is 1.25. The molecule has 0 aromatic carbocycles. The van der Waals surface area contributed by atoms with Gasteiger partial charge in [-0.15, -0.1) is 11.3 Å². The average molecular weight is 324 g/mol. The summed E-state index contributed by atoms with van der Waals surface area (Å²) in [7, 11) is 0. The minimum absolute atomic E-state index is 0.581. The van der Waals surface area contributed by atoms with Crippen LogP contribution in [0, 0.1) is 18.8 Å². The van der Waals surface area contributed by atoms with Gasteiger partial charge in [0.15, 0.2) is 0 Å². The molecule has 1 aliphatic carbocycles. The number of rotatable bonds is 2. The summed E-state index contributed by atoms with van der Waals surface area (Å²) in [5.74, 6) is 1.77. The molecule has 0 bridgehead atoms. The van der Waals surface area contributed by atoms with Crippen LogP contribution in [-0.4, -0.2) is 0 Å². The number of thiophene rings is 1. The second-order valence-electron chi connectivity index (χ2n) is 3.83. The third-order valence-electron chi connectivity index (χ3n) is 2.70. The van der Waals surface area contributed by atoms with Crippen molar-refractivity contribution in [3.8, 4) is 0 Å². The molecule has 13 heavy (non-hydrogen) atoms. The van der Waals surface area contributed by atoms with Gasteiger partial charge in [-0.2, -0.15) is 0 Å². The second-order valence-corrected chi connectivity index (χ2v) is 6.96. The average Bonchev–Trinajstić information content (AvgIpc) is 2.70. The van der Waals surface area contributed by atoms with Gasteiger partial charge in [0.25, 0.3) is 0 Å². The van der Waals surface area contributed by atoms with Gasteiger partial charge in [0, 0.05) is 14.2 Å². The molecule has 0 saturated heterocycles. The summed E-state index contributed by atoms with van der Waals surface area (Å²) in [6.45, 7) is 4.49. The molecule has 3 atom stereocenters. The molecule has 1 saturated carbocycles. The lowest BCUT2D eigenvalue weighted by atomic mass is 10.2. The molecule has 3 unspecified atom stereocenters. The lowest BCUT2D eigenvalue weighted by Crippen LogP contribution is -1.89. The first kappa shape index (κ1) is 10.2. The largest absolute Gasteiger partial charge is 0.143 e. The molecule has 0 N–H and O–H groups in total. The van der Waals surface area contributed by atoms with Crippen LogP contribution in [0.4, 0.5) is 0 Å². The van der Waals surface area contributed by atoms with Gasteiger partial charge in [-0.3, -0.25) is 0 Å². The van der Waals surface area contributed by atoms with E-state index in [1.54, 1.807) is 0 Å². The van der Waals surface area contributed by atoms with Crippen molar-refractivity contribution >= 4 is 43.2 Å². The van der Waals surface area contributed by atoms with Crippen LogP contribution in [-0.2, 0) is 0 Å². The molecule has 1 aliphatic rings. The van der Waals surface area contributed by atoms with Crippen molar-refractivity contribution in [2.75, 3.05) is 0 Å². The third kappa shape index (κ3) is 2.02. The van der Waals surface area contributed by atoms with Crippen molar-refractivity contribution in [2.45, 2.75) is 25.1 Å². The minimum atomic E-state index is 0.581. The molecular formula is C10H12Br2S. The maximum atomic E-state index is 3.79. The molecule has 0 spiro atoms. The zero-order chi connectivity index (χ0) is 9.59. The van der Waals surface area contributed by atoms with Crippen molar-refractivity contribution in [1.29, 1.82) is 0 Å². The third-order valence-corrected chi connectivity index (χ3v) is 6.39. The van der Waals surface area contributed by atoms with Gasteiger partial charge in [-0.1, -0.05) is 22.9 Å². The first-order valence-electron chi connectivity index (χ1n) is 4.49. The molecule has 2 rings (SSSR count). The number of halogens is 2. The first-order valence-corrected chi connectivity index (χ1v) is 7.02. The normalized spacial score (nSPS) is 28.9. The highest BCUT2D eigenvalue weighted by Gasteiger charge is 2.39. The van der Waals surface area contributed by atoms with E-state index in [2.05, 4.69) is 51.8 Å². The first-order chi connectivity index (χ1) is 6.09. The fraction of sp³-hybridized carbons (Fsp3) is 0.600. The van der Waals surface area contributed by atoms with E-state index in [4.69, 9.17) is 0 Å². The highest BCUT2D eigenvalue weighted by molar-refractivity contribution is 9.10. The van der Waals surface area contributed by atoms with Crippen LogP contribution >= 0.6 is 43.2 Å². The van der Waals surface area contributed by atoms with Crippen molar-refractivity contribution in [1.82, 2.24) is 0 Å². The molecule has 1 aromatic heterocycles. The Balaban J connectivity index is 2.16. The second kappa shape index (κ2) is 3.67. The van der Waals surface area contributed by atoms with Crippen LogP contribution in [0.1, 0.15) is 27.9 Å². The van der Waals surface area contributed by atoms with Crippen molar-refractivity contribution in [3.05, 3.63) is 20.3 Å². The van der Waals surface area contributed by atoms with E-state index in [0.29, 0.717) is 4.83 Å². The predicted octanol–water partition coefficient (Wildman–Crippen LogP) is 4.91. The zero-order valence-corrected chi connectivity index (χ0v) is 11.7. The van der Waals surface area contributed by atoms with Crippen molar-refractivity contribution < 1.29 is 0 Å². The molecule has 0 nitrogen and oxygen atoms in total. The van der Waals surface area contributed by atoms with E-state index in [1.807, 2.05) is 11.3 Å². The van der Waals surface area contributed by atoms with Crippen LogP contribution in [0.25, 0.3) is 0 Å². The van der Waals surface area contributed by atoms with Crippen LogP contribution in [0.2, 0.25) is 0 Å². The summed E-state index contributed by atoms with van der Waals surface area (Å²) >= 11 is 9.25. The SMILES string of the molecule is Cc1sc(C(Br)C2CC2C)cc1Br. The number of alkyl halides is 1. The van der Waals surface area contributed by atoms with Crippen LogP contribution < -0.4 is 0 Å². The molecular weight excluding hydrogens is 312 g/mol. The standard InChI is InChI=1S/C10H12Br2S/c1-5-3-7(5)10(12)9-4-8(11)6(2)13-9/h4-5,7,10H,3H2,1-2H3.